The van der Waals surface area contributed by atoms with Crippen LogP contribution in [0.4, 0.5) is 0 Å². The number of rotatable bonds is 2. The maximum atomic E-state index is 6.37. The van der Waals surface area contributed by atoms with Crippen molar-refractivity contribution in [2.75, 3.05) is 5.75 Å². The van der Waals surface area contributed by atoms with Crippen molar-refractivity contribution in [2.24, 2.45) is 5.73 Å². The Hall–Kier alpha value is 0.460. The first kappa shape index (κ1) is 14.9. The van der Waals surface area contributed by atoms with Crippen LogP contribution in [0, 0.1) is 0 Å². The van der Waals surface area contributed by atoms with Crippen molar-refractivity contribution in [3.63, 3.8) is 0 Å². The van der Waals surface area contributed by atoms with E-state index in [4.69, 9.17) is 28.9 Å². The number of hydrogen-bond acceptors (Lipinski definition) is 3. The first-order chi connectivity index (χ1) is 8.50. The predicted octanol–water partition coefficient (Wildman–Crippen LogP) is 4.62. The SMILES string of the molecule is CC1SCC(C(N)c2cccc(Cl)c2Cl)SC1C. The predicted molar refractivity (Wildman–Crippen MR) is 86.2 cm³/mol. The molecule has 18 heavy (non-hydrogen) atoms. The zero-order chi connectivity index (χ0) is 13.3. The van der Waals surface area contributed by atoms with Crippen molar-refractivity contribution in [1.29, 1.82) is 0 Å². The summed E-state index contributed by atoms with van der Waals surface area (Å²) < 4.78 is 0. The molecule has 2 rings (SSSR count). The van der Waals surface area contributed by atoms with E-state index in [0.29, 0.717) is 25.8 Å². The fourth-order valence-corrected chi connectivity index (χ4v) is 5.45. The quantitative estimate of drug-likeness (QED) is 0.860. The van der Waals surface area contributed by atoms with Crippen LogP contribution < -0.4 is 5.73 Å². The van der Waals surface area contributed by atoms with Gasteiger partial charge in [-0.3, -0.25) is 0 Å². The highest BCUT2D eigenvalue weighted by Crippen LogP contribution is 2.42. The Kier molecular flexibility index (Phi) is 5.18. The van der Waals surface area contributed by atoms with Crippen molar-refractivity contribution >= 4 is 46.7 Å². The van der Waals surface area contributed by atoms with Gasteiger partial charge in [-0.1, -0.05) is 49.2 Å². The standard InChI is InChI=1S/C13H17Cl2NS2/c1-7-8(2)18-11(6-17-7)13(16)9-4-3-5-10(14)12(9)15/h3-5,7-8,11,13H,6,16H2,1-2H3. The molecule has 5 heteroatoms. The molecule has 2 N–H and O–H groups in total. The second-order valence-electron chi connectivity index (χ2n) is 4.59. The number of halogens is 2. The summed E-state index contributed by atoms with van der Waals surface area (Å²) in [6.45, 7) is 4.54. The summed E-state index contributed by atoms with van der Waals surface area (Å²) in [5.74, 6) is 1.07. The van der Waals surface area contributed by atoms with Crippen molar-refractivity contribution < 1.29 is 0 Å². The fourth-order valence-electron chi connectivity index (χ4n) is 1.97. The summed E-state index contributed by atoms with van der Waals surface area (Å²) in [4.78, 5) is 0. The highest BCUT2D eigenvalue weighted by atomic mass is 35.5. The van der Waals surface area contributed by atoms with Crippen LogP contribution in [0.1, 0.15) is 25.5 Å². The van der Waals surface area contributed by atoms with Crippen molar-refractivity contribution in [2.45, 2.75) is 35.6 Å². The molecule has 1 fully saturated rings. The Labute approximate surface area is 127 Å². The molecule has 1 heterocycles. The van der Waals surface area contributed by atoms with E-state index in [-0.39, 0.29) is 6.04 Å². The lowest BCUT2D eigenvalue weighted by molar-refractivity contribution is 0.708. The van der Waals surface area contributed by atoms with E-state index in [0.717, 1.165) is 11.3 Å². The lowest BCUT2D eigenvalue weighted by Gasteiger charge is -2.34. The maximum Gasteiger partial charge on any atom is 0.0640 e. The third kappa shape index (κ3) is 3.13. The van der Waals surface area contributed by atoms with Gasteiger partial charge in [0, 0.05) is 27.5 Å². The molecule has 4 atom stereocenters. The van der Waals surface area contributed by atoms with E-state index < -0.39 is 0 Å². The van der Waals surface area contributed by atoms with Gasteiger partial charge in [-0.2, -0.15) is 23.5 Å². The van der Waals surface area contributed by atoms with Gasteiger partial charge < -0.3 is 5.73 Å². The van der Waals surface area contributed by atoms with E-state index in [9.17, 15) is 0 Å². The Morgan fingerprint density at radius 1 is 1.28 bits per heavy atom. The summed E-state index contributed by atoms with van der Waals surface area (Å²) in [7, 11) is 0. The molecule has 0 bridgehead atoms. The first-order valence-corrected chi connectivity index (χ1v) is 8.72. The maximum absolute atomic E-state index is 6.37. The molecule has 1 aliphatic heterocycles. The summed E-state index contributed by atoms with van der Waals surface area (Å²) in [5.41, 5.74) is 7.33. The summed E-state index contributed by atoms with van der Waals surface area (Å²) in [5, 5.41) is 2.89. The van der Waals surface area contributed by atoms with Crippen LogP contribution in [-0.2, 0) is 0 Å². The first-order valence-electron chi connectivity index (χ1n) is 5.97. The van der Waals surface area contributed by atoms with Crippen LogP contribution in [0.2, 0.25) is 10.0 Å². The smallest absolute Gasteiger partial charge is 0.0640 e. The molecule has 0 spiro atoms. The average molecular weight is 322 g/mol. The molecule has 0 amide bonds. The molecule has 4 unspecified atom stereocenters. The minimum Gasteiger partial charge on any atom is -0.323 e. The Morgan fingerprint density at radius 3 is 2.67 bits per heavy atom. The van der Waals surface area contributed by atoms with Gasteiger partial charge in [0.2, 0.25) is 0 Å². The molecule has 1 aromatic carbocycles. The Morgan fingerprint density at radius 2 is 2.00 bits per heavy atom. The van der Waals surface area contributed by atoms with Gasteiger partial charge in [-0.05, 0) is 11.6 Å². The number of thioether (sulfide) groups is 2. The fraction of sp³-hybridized carbons (Fsp3) is 0.538. The summed E-state index contributed by atoms with van der Waals surface area (Å²) >= 11 is 16.2. The van der Waals surface area contributed by atoms with Crippen LogP contribution in [0.15, 0.2) is 18.2 Å². The highest BCUT2D eigenvalue weighted by Gasteiger charge is 2.31. The number of hydrogen-bond donors (Lipinski definition) is 1. The van der Waals surface area contributed by atoms with Gasteiger partial charge in [0.25, 0.3) is 0 Å². The number of nitrogens with two attached hydrogens (primary N) is 1. The Balaban J connectivity index is 2.16. The zero-order valence-corrected chi connectivity index (χ0v) is 13.5. The van der Waals surface area contributed by atoms with Gasteiger partial charge in [0.1, 0.15) is 0 Å². The Bertz CT molecular complexity index is 427. The van der Waals surface area contributed by atoms with Gasteiger partial charge >= 0.3 is 0 Å². The van der Waals surface area contributed by atoms with Gasteiger partial charge in [0.05, 0.1) is 10.0 Å². The molecule has 1 nitrogen and oxygen atoms in total. The molecule has 0 aromatic heterocycles. The highest BCUT2D eigenvalue weighted by molar-refractivity contribution is 8.07. The van der Waals surface area contributed by atoms with Crippen LogP contribution in [0.3, 0.4) is 0 Å². The molecular formula is C13H17Cl2NS2. The van der Waals surface area contributed by atoms with Gasteiger partial charge in [-0.15, -0.1) is 0 Å². The number of benzene rings is 1. The van der Waals surface area contributed by atoms with Crippen LogP contribution in [-0.4, -0.2) is 21.5 Å². The van der Waals surface area contributed by atoms with Gasteiger partial charge in [0.15, 0.2) is 0 Å². The van der Waals surface area contributed by atoms with Crippen molar-refractivity contribution in [3.05, 3.63) is 33.8 Å². The molecule has 1 aromatic rings. The second-order valence-corrected chi connectivity index (χ2v) is 8.40. The van der Waals surface area contributed by atoms with E-state index in [2.05, 4.69) is 13.8 Å². The lowest BCUT2D eigenvalue weighted by atomic mass is 10.1. The van der Waals surface area contributed by atoms with Crippen molar-refractivity contribution in [3.8, 4) is 0 Å². The van der Waals surface area contributed by atoms with E-state index in [1.165, 1.54) is 0 Å². The molecule has 0 saturated carbocycles. The lowest BCUT2D eigenvalue weighted by Crippen LogP contribution is -2.34. The largest absolute Gasteiger partial charge is 0.323 e. The zero-order valence-electron chi connectivity index (χ0n) is 10.4. The van der Waals surface area contributed by atoms with E-state index >= 15 is 0 Å². The second kappa shape index (κ2) is 6.27. The normalized spacial score (nSPS) is 30.2. The monoisotopic (exact) mass is 321 g/mol. The van der Waals surface area contributed by atoms with Gasteiger partial charge in [-0.25, -0.2) is 0 Å². The molecule has 1 aliphatic rings. The molecule has 0 aliphatic carbocycles. The third-order valence-corrected chi connectivity index (χ3v) is 7.66. The van der Waals surface area contributed by atoms with Crippen LogP contribution in [0.5, 0.6) is 0 Å². The van der Waals surface area contributed by atoms with Crippen molar-refractivity contribution in [1.82, 2.24) is 0 Å². The molecule has 1 saturated heterocycles. The van der Waals surface area contributed by atoms with Crippen LogP contribution >= 0.6 is 46.7 Å². The van der Waals surface area contributed by atoms with E-state index in [1.54, 1.807) is 6.07 Å². The summed E-state index contributed by atoms with van der Waals surface area (Å²) in [6.07, 6.45) is 0. The third-order valence-electron chi connectivity index (χ3n) is 3.32. The average Bonchev–Trinajstić information content (AvgIpc) is 2.35. The molecule has 100 valence electrons. The summed E-state index contributed by atoms with van der Waals surface area (Å²) in [6, 6.07) is 5.64. The molecular weight excluding hydrogens is 305 g/mol. The topological polar surface area (TPSA) is 26.0 Å². The van der Waals surface area contributed by atoms with E-state index in [1.807, 2.05) is 35.7 Å². The minimum atomic E-state index is -0.0522. The molecule has 0 radical (unpaired) electrons. The minimum absolute atomic E-state index is 0.0522. The van der Waals surface area contributed by atoms with Crippen LogP contribution in [0.25, 0.3) is 0 Å².